The van der Waals surface area contributed by atoms with Crippen molar-refractivity contribution >= 4 is 11.8 Å². The van der Waals surface area contributed by atoms with Crippen molar-refractivity contribution in [2.45, 2.75) is 31.6 Å². The van der Waals surface area contributed by atoms with Crippen molar-refractivity contribution in [2.24, 2.45) is 0 Å². The average molecular weight is 304 g/mol. The highest BCUT2D eigenvalue weighted by atomic mass is 32.2. The normalized spacial score (nSPS) is 10.7. The minimum Gasteiger partial charge on any atom is -0.497 e. The van der Waals surface area contributed by atoms with Crippen molar-refractivity contribution in [3.63, 3.8) is 0 Å². The van der Waals surface area contributed by atoms with Crippen LogP contribution in [0.2, 0.25) is 0 Å². The van der Waals surface area contributed by atoms with E-state index in [2.05, 4.69) is 13.0 Å². The summed E-state index contributed by atoms with van der Waals surface area (Å²) in [5, 5.41) is 0. The summed E-state index contributed by atoms with van der Waals surface area (Å²) >= 11 is 1.77. The highest BCUT2D eigenvalue weighted by Crippen LogP contribution is 2.26. The van der Waals surface area contributed by atoms with Crippen LogP contribution >= 0.6 is 11.8 Å². The molecule has 21 heavy (non-hydrogen) atoms. The molecule has 0 saturated carbocycles. The van der Waals surface area contributed by atoms with E-state index >= 15 is 0 Å². The van der Waals surface area contributed by atoms with Gasteiger partial charge in [-0.1, -0.05) is 19.1 Å². The lowest BCUT2D eigenvalue weighted by molar-refractivity contribution is 0.414. The number of halogens is 1. The van der Waals surface area contributed by atoms with E-state index in [9.17, 15) is 4.39 Å². The predicted octanol–water partition coefficient (Wildman–Crippen LogP) is 5.04. The predicted molar refractivity (Wildman–Crippen MR) is 87.9 cm³/mol. The fourth-order valence-corrected chi connectivity index (χ4v) is 3.13. The van der Waals surface area contributed by atoms with Gasteiger partial charge in [-0.3, -0.25) is 0 Å². The first-order valence-corrected chi connectivity index (χ1v) is 8.17. The molecule has 0 fully saturated rings. The van der Waals surface area contributed by atoms with Gasteiger partial charge in [-0.05, 0) is 66.5 Å². The average Bonchev–Trinajstić information content (AvgIpc) is 2.49. The molecule has 0 atom stereocenters. The van der Waals surface area contributed by atoms with Crippen LogP contribution in [0.4, 0.5) is 4.39 Å². The summed E-state index contributed by atoms with van der Waals surface area (Å²) in [6.45, 7) is 4.08. The maximum Gasteiger partial charge on any atom is 0.126 e. The van der Waals surface area contributed by atoms with Crippen LogP contribution in [0.15, 0.2) is 41.3 Å². The highest BCUT2D eigenvalue weighted by molar-refractivity contribution is 7.99. The van der Waals surface area contributed by atoms with Gasteiger partial charge in [0.05, 0.1) is 7.11 Å². The van der Waals surface area contributed by atoms with E-state index < -0.39 is 0 Å². The third kappa shape index (κ3) is 4.24. The second kappa shape index (κ2) is 7.51. The number of benzene rings is 2. The molecule has 0 heterocycles. The Balaban J connectivity index is 2.13. The first kappa shape index (κ1) is 15.9. The fraction of sp³-hybridized carbons (Fsp3) is 0.333. The Morgan fingerprint density at radius 3 is 2.67 bits per heavy atom. The first-order chi connectivity index (χ1) is 10.1. The number of hydrogen-bond donors (Lipinski definition) is 0. The van der Waals surface area contributed by atoms with Crippen LogP contribution in [0, 0.1) is 12.7 Å². The Kier molecular flexibility index (Phi) is 5.68. The molecule has 0 N–H and O–H groups in total. The largest absolute Gasteiger partial charge is 0.497 e. The molecular formula is C18H21FOS. The van der Waals surface area contributed by atoms with Crippen LogP contribution < -0.4 is 4.74 Å². The Morgan fingerprint density at radius 1 is 1.14 bits per heavy atom. The van der Waals surface area contributed by atoms with Gasteiger partial charge in [-0.2, -0.15) is 0 Å². The summed E-state index contributed by atoms with van der Waals surface area (Å²) in [7, 11) is 1.66. The van der Waals surface area contributed by atoms with Crippen LogP contribution in [-0.2, 0) is 12.8 Å². The SMILES string of the molecule is CCSc1cc(CCc2cccc(OC)c2)c(F)cc1C. The lowest BCUT2D eigenvalue weighted by Gasteiger charge is -2.10. The molecule has 0 radical (unpaired) electrons. The zero-order chi connectivity index (χ0) is 15.2. The van der Waals surface area contributed by atoms with Gasteiger partial charge in [0, 0.05) is 4.90 Å². The molecule has 112 valence electrons. The maximum absolute atomic E-state index is 14.1. The Hall–Kier alpha value is -1.48. The molecule has 1 nitrogen and oxygen atoms in total. The standard InChI is InChI=1S/C18H21FOS/c1-4-21-18-12-15(17(19)10-13(18)2)9-8-14-6-5-7-16(11-14)20-3/h5-7,10-12H,4,8-9H2,1-3H3. The molecule has 0 saturated heterocycles. The van der Waals surface area contributed by atoms with E-state index in [1.165, 1.54) is 10.5 Å². The second-order valence-electron chi connectivity index (χ2n) is 4.99. The molecule has 0 aliphatic rings. The van der Waals surface area contributed by atoms with Crippen LogP contribution in [0.5, 0.6) is 5.75 Å². The Morgan fingerprint density at radius 2 is 1.95 bits per heavy atom. The minimum absolute atomic E-state index is 0.101. The van der Waals surface area contributed by atoms with Crippen molar-refractivity contribution in [2.75, 3.05) is 12.9 Å². The summed E-state index contributed by atoms with van der Waals surface area (Å²) in [5.41, 5.74) is 2.97. The van der Waals surface area contributed by atoms with E-state index in [0.29, 0.717) is 6.42 Å². The van der Waals surface area contributed by atoms with Gasteiger partial charge in [-0.15, -0.1) is 11.8 Å². The van der Waals surface area contributed by atoms with E-state index in [-0.39, 0.29) is 5.82 Å². The van der Waals surface area contributed by atoms with Gasteiger partial charge >= 0.3 is 0 Å². The van der Waals surface area contributed by atoms with Crippen molar-refractivity contribution in [3.05, 3.63) is 58.9 Å². The minimum atomic E-state index is -0.101. The zero-order valence-electron chi connectivity index (χ0n) is 12.8. The van der Waals surface area contributed by atoms with Gasteiger partial charge in [0.2, 0.25) is 0 Å². The van der Waals surface area contributed by atoms with E-state index in [1.54, 1.807) is 24.9 Å². The van der Waals surface area contributed by atoms with Gasteiger partial charge < -0.3 is 4.74 Å². The molecule has 3 heteroatoms. The molecule has 0 aliphatic carbocycles. The van der Waals surface area contributed by atoms with Crippen molar-refractivity contribution in [1.82, 2.24) is 0 Å². The van der Waals surface area contributed by atoms with E-state index in [1.807, 2.05) is 31.2 Å². The third-order valence-electron chi connectivity index (χ3n) is 3.46. The Bertz CT molecular complexity index is 610. The number of hydrogen-bond acceptors (Lipinski definition) is 2. The number of methoxy groups -OCH3 is 1. The quantitative estimate of drug-likeness (QED) is 0.691. The lowest BCUT2D eigenvalue weighted by atomic mass is 10.0. The number of aryl methyl sites for hydroxylation is 3. The molecule has 0 bridgehead atoms. The highest BCUT2D eigenvalue weighted by Gasteiger charge is 2.08. The molecule has 0 unspecified atom stereocenters. The number of thioether (sulfide) groups is 1. The molecular weight excluding hydrogens is 283 g/mol. The topological polar surface area (TPSA) is 9.23 Å². The fourth-order valence-electron chi connectivity index (χ4n) is 2.30. The second-order valence-corrected chi connectivity index (χ2v) is 6.30. The van der Waals surface area contributed by atoms with Crippen molar-refractivity contribution in [1.29, 1.82) is 0 Å². The van der Waals surface area contributed by atoms with Crippen LogP contribution in [0.3, 0.4) is 0 Å². The summed E-state index contributed by atoms with van der Waals surface area (Å²) in [4.78, 5) is 1.18. The van der Waals surface area contributed by atoms with Crippen molar-refractivity contribution in [3.8, 4) is 5.75 Å². The van der Waals surface area contributed by atoms with Gasteiger partial charge in [0.15, 0.2) is 0 Å². The maximum atomic E-state index is 14.1. The third-order valence-corrected chi connectivity index (χ3v) is 4.50. The number of rotatable bonds is 6. The van der Waals surface area contributed by atoms with Crippen molar-refractivity contribution < 1.29 is 9.13 Å². The molecule has 0 spiro atoms. The molecule has 2 aromatic rings. The van der Waals surface area contributed by atoms with Crippen LogP contribution in [0.25, 0.3) is 0 Å². The van der Waals surface area contributed by atoms with E-state index in [4.69, 9.17) is 4.74 Å². The van der Waals surface area contributed by atoms with Crippen LogP contribution in [0.1, 0.15) is 23.6 Å². The molecule has 0 aliphatic heterocycles. The van der Waals surface area contributed by atoms with Gasteiger partial charge in [-0.25, -0.2) is 4.39 Å². The Labute approximate surface area is 130 Å². The first-order valence-electron chi connectivity index (χ1n) is 7.18. The van der Waals surface area contributed by atoms with Crippen LogP contribution in [-0.4, -0.2) is 12.9 Å². The monoisotopic (exact) mass is 304 g/mol. The zero-order valence-corrected chi connectivity index (χ0v) is 13.6. The summed E-state index contributed by atoms with van der Waals surface area (Å²) < 4.78 is 19.3. The van der Waals surface area contributed by atoms with E-state index in [0.717, 1.165) is 29.1 Å². The summed E-state index contributed by atoms with van der Waals surface area (Å²) in [6.07, 6.45) is 1.52. The number of ether oxygens (including phenoxy) is 1. The molecule has 2 rings (SSSR count). The molecule has 0 aromatic heterocycles. The van der Waals surface area contributed by atoms with Gasteiger partial charge in [0.25, 0.3) is 0 Å². The summed E-state index contributed by atoms with van der Waals surface area (Å²) in [5.74, 6) is 1.75. The smallest absolute Gasteiger partial charge is 0.126 e. The lowest BCUT2D eigenvalue weighted by Crippen LogP contribution is -1.97. The molecule has 0 amide bonds. The summed E-state index contributed by atoms with van der Waals surface area (Å²) in [6, 6.07) is 11.6. The molecule has 2 aromatic carbocycles. The van der Waals surface area contributed by atoms with Gasteiger partial charge in [0.1, 0.15) is 11.6 Å².